The van der Waals surface area contributed by atoms with Crippen LogP contribution in [0.1, 0.15) is 26.5 Å². The molecule has 3 aromatic carbocycles. The number of amides is 2. The molecule has 7 nitrogen and oxygen atoms in total. The fourth-order valence-corrected chi connectivity index (χ4v) is 3.14. The first-order valence-electron chi connectivity index (χ1n) is 10.0. The molecule has 0 bridgehead atoms. The van der Waals surface area contributed by atoms with Gasteiger partial charge in [0.1, 0.15) is 17.3 Å². The number of carbonyl (C=O) groups is 2. The predicted octanol–water partition coefficient (Wildman–Crippen LogP) is 5.30. The van der Waals surface area contributed by atoms with Crippen molar-refractivity contribution in [3.63, 3.8) is 0 Å². The maximum Gasteiger partial charge on any atom is 0.294 e. The lowest BCUT2D eigenvalue weighted by Crippen LogP contribution is -2.14. The van der Waals surface area contributed by atoms with Crippen LogP contribution in [0.2, 0.25) is 0 Å². The number of nitrogens with zero attached hydrogens (tertiary/aromatic N) is 1. The molecule has 2 N–H and O–H groups in total. The summed E-state index contributed by atoms with van der Waals surface area (Å²) in [5.74, 6) is -1.14. The maximum atomic E-state index is 13.4. The van der Waals surface area contributed by atoms with Gasteiger partial charge in [0.25, 0.3) is 11.8 Å². The van der Waals surface area contributed by atoms with E-state index in [1.807, 2.05) is 31.2 Å². The Morgan fingerprint density at radius 3 is 2.45 bits per heavy atom. The number of anilines is 2. The summed E-state index contributed by atoms with van der Waals surface area (Å²) in [6, 6.07) is 19.3. The Balaban J connectivity index is 1.51. The highest BCUT2D eigenvalue weighted by molar-refractivity contribution is 6.06. The quantitative estimate of drug-likeness (QED) is 0.420. The Morgan fingerprint density at radius 2 is 1.73 bits per heavy atom. The molecule has 0 aliphatic rings. The van der Waals surface area contributed by atoms with Gasteiger partial charge in [-0.1, -0.05) is 41.1 Å². The van der Waals surface area contributed by atoms with Crippen molar-refractivity contribution in [3.8, 4) is 17.0 Å². The van der Waals surface area contributed by atoms with Crippen molar-refractivity contribution in [1.29, 1.82) is 0 Å². The highest BCUT2D eigenvalue weighted by atomic mass is 19.1. The van der Waals surface area contributed by atoms with E-state index in [9.17, 15) is 14.0 Å². The van der Waals surface area contributed by atoms with Crippen LogP contribution in [0.15, 0.2) is 77.3 Å². The van der Waals surface area contributed by atoms with E-state index in [1.165, 1.54) is 31.4 Å². The van der Waals surface area contributed by atoms with Gasteiger partial charge in [0.2, 0.25) is 5.76 Å². The molecule has 1 aromatic heterocycles. The fourth-order valence-electron chi connectivity index (χ4n) is 3.14. The van der Waals surface area contributed by atoms with Crippen LogP contribution in [0.3, 0.4) is 0 Å². The smallest absolute Gasteiger partial charge is 0.294 e. The molecule has 0 unspecified atom stereocenters. The van der Waals surface area contributed by atoms with Gasteiger partial charge in [-0.2, -0.15) is 0 Å². The van der Waals surface area contributed by atoms with Gasteiger partial charge in [0.15, 0.2) is 0 Å². The number of rotatable bonds is 6. The van der Waals surface area contributed by atoms with E-state index in [-0.39, 0.29) is 11.3 Å². The van der Waals surface area contributed by atoms with Crippen LogP contribution >= 0.6 is 0 Å². The number of hydrogen-bond acceptors (Lipinski definition) is 5. The third-order valence-electron chi connectivity index (χ3n) is 4.87. The number of methoxy groups -OCH3 is 1. The van der Waals surface area contributed by atoms with E-state index in [0.717, 1.165) is 17.2 Å². The largest absolute Gasteiger partial charge is 0.495 e. The van der Waals surface area contributed by atoms with E-state index >= 15 is 0 Å². The molecule has 0 aliphatic heterocycles. The Kier molecular flexibility index (Phi) is 6.17. The number of nitrogens with one attached hydrogen (secondary N) is 2. The minimum Gasteiger partial charge on any atom is -0.495 e. The van der Waals surface area contributed by atoms with Crippen LogP contribution < -0.4 is 15.4 Å². The van der Waals surface area contributed by atoms with Crippen molar-refractivity contribution < 1.29 is 23.2 Å². The molecule has 0 aliphatic carbocycles. The van der Waals surface area contributed by atoms with Crippen LogP contribution in [0.4, 0.5) is 15.8 Å². The molecule has 0 saturated heterocycles. The third-order valence-corrected chi connectivity index (χ3v) is 4.87. The summed E-state index contributed by atoms with van der Waals surface area (Å²) in [4.78, 5) is 25.2. The molecular formula is C25H20FN3O4. The molecule has 4 rings (SSSR count). The summed E-state index contributed by atoms with van der Waals surface area (Å²) >= 11 is 0. The van der Waals surface area contributed by atoms with E-state index in [0.29, 0.717) is 22.8 Å². The minimum atomic E-state index is -0.521. The van der Waals surface area contributed by atoms with Gasteiger partial charge in [-0.05, 0) is 43.3 Å². The Bertz CT molecular complexity index is 1320. The van der Waals surface area contributed by atoms with Crippen molar-refractivity contribution in [2.45, 2.75) is 6.92 Å². The number of aryl methyl sites for hydroxylation is 1. The zero-order valence-electron chi connectivity index (χ0n) is 17.9. The van der Waals surface area contributed by atoms with Gasteiger partial charge in [0.05, 0.1) is 12.8 Å². The van der Waals surface area contributed by atoms with E-state index in [1.54, 1.807) is 18.2 Å². The molecule has 0 spiro atoms. The first-order valence-corrected chi connectivity index (χ1v) is 10.0. The summed E-state index contributed by atoms with van der Waals surface area (Å²) in [6.07, 6.45) is 0. The summed E-state index contributed by atoms with van der Waals surface area (Å²) in [7, 11) is 1.45. The Morgan fingerprint density at radius 1 is 0.939 bits per heavy atom. The fraction of sp³-hybridized carbons (Fsp3) is 0.0800. The minimum absolute atomic E-state index is 0.0340. The number of halogens is 1. The molecule has 0 radical (unpaired) electrons. The predicted molar refractivity (Wildman–Crippen MR) is 122 cm³/mol. The number of ether oxygens (including phenoxy) is 1. The molecule has 0 atom stereocenters. The highest BCUT2D eigenvalue weighted by Crippen LogP contribution is 2.29. The molecule has 8 heteroatoms. The summed E-state index contributed by atoms with van der Waals surface area (Å²) in [6.45, 7) is 1.98. The average molecular weight is 445 g/mol. The van der Waals surface area contributed by atoms with Crippen LogP contribution in [0.25, 0.3) is 11.3 Å². The zero-order valence-corrected chi connectivity index (χ0v) is 17.9. The number of benzene rings is 3. The second-order valence-electron chi connectivity index (χ2n) is 7.28. The molecule has 0 fully saturated rings. The molecular weight excluding hydrogens is 425 g/mol. The van der Waals surface area contributed by atoms with Gasteiger partial charge >= 0.3 is 0 Å². The SMILES string of the molecule is COc1ccc(NC(=O)c2cc(-c3ccc(C)cc3)no2)cc1NC(=O)c1cccc(F)c1. The lowest BCUT2D eigenvalue weighted by molar-refractivity contribution is 0.0986. The maximum absolute atomic E-state index is 13.4. The monoisotopic (exact) mass is 445 g/mol. The van der Waals surface area contributed by atoms with Crippen molar-refractivity contribution in [2.75, 3.05) is 17.7 Å². The number of hydrogen-bond donors (Lipinski definition) is 2. The first-order chi connectivity index (χ1) is 15.9. The second-order valence-corrected chi connectivity index (χ2v) is 7.28. The van der Waals surface area contributed by atoms with Gasteiger partial charge in [-0.3, -0.25) is 9.59 Å². The Hall–Kier alpha value is -4.46. The molecule has 4 aromatic rings. The zero-order chi connectivity index (χ0) is 23.4. The van der Waals surface area contributed by atoms with E-state index in [2.05, 4.69) is 15.8 Å². The molecule has 166 valence electrons. The number of carbonyl (C=O) groups excluding carboxylic acids is 2. The average Bonchev–Trinajstić information content (AvgIpc) is 3.30. The molecule has 1 heterocycles. The standard InChI is InChI=1S/C25H20FN3O4/c1-15-6-8-16(9-7-15)20-14-23(33-29-20)25(31)27-19-10-11-22(32-2)21(13-19)28-24(30)17-4-3-5-18(26)12-17/h3-14H,1-2H3,(H,27,31)(H,28,30). The third kappa shape index (κ3) is 5.07. The topological polar surface area (TPSA) is 93.5 Å². The highest BCUT2D eigenvalue weighted by Gasteiger charge is 2.16. The Labute approximate surface area is 189 Å². The summed E-state index contributed by atoms with van der Waals surface area (Å²) in [5.41, 5.74) is 3.33. The summed E-state index contributed by atoms with van der Waals surface area (Å²) < 4.78 is 23.9. The second kappa shape index (κ2) is 9.35. The van der Waals surface area contributed by atoms with Crippen molar-refractivity contribution >= 4 is 23.2 Å². The van der Waals surface area contributed by atoms with Crippen LogP contribution in [-0.2, 0) is 0 Å². The lowest BCUT2D eigenvalue weighted by atomic mass is 10.1. The van der Waals surface area contributed by atoms with Crippen molar-refractivity contribution in [2.24, 2.45) is 0 Å². The number of aromatic nitrogens is 1. The van der Waals surface area contributed by atoms with Gasteiger partial charge in [-0.25, -0.2) is 4.39 Å². The van der Waals surface area contributed by atoms with E-state index < -0.39 is 17.6 Å². The normalized spacial score (nSPS) is 10.5. The van der Waals surface area contributed by atoms with Crippen molar-refractivity contribution in [3.05, 3.63) is 95.5 Å². The molecule has 0 saturated carbocycles. The first kappa shape index (κ1) is 21.8. The molecule has 33 heavy (non-hydrogen) atoms. The van der Waals surface area contributed by atoms with Gasteiger partial charge in [0, 0.05) is 22.9 Å². The van der Waals surface area contributed by atoms with E-state index in [4.69, 9.17) is 9.26 Å². The molecule has 2 amide bonds. The van der Waals surface area contributed by atoms with Gasteiger partial charge in [-0.15, -0.1) is 0 Å². The lowest BCUT2D eigenvalue weighted by Gasteiger charge is -2.12. The van der Waals surface area contributed by atoms with Crippen LogP contribution in [0, 0.1) is 12.7 Å². The van der Waals surface area contributed by atoms with Crippen molar-refractivity contribution in [1.82, 2.24) is 5.16 Å². The van der Waals surface area contributed by atoms with Gasteiger partial charge < -0.3 is 19.9 Å². The van der Waals surface area contributed by atoms with Crippen LogP contribution in [0.5, 0.6) is 5.75 Å². The summed E-state index contributed by atoms with van der Waals surface area (Å²) in [5, 5.41) is 9.34. The van der Waals surface area contributed by atoms with Crippen LogP contribution in [-0.4, -0.2) is 24.1 Å².